The Morgan fingerprint density at radius 3 is 2.76 bits per heavy atom. The van der Waals surface area contributed by atoms with Crippen molar-refractivity contribution < 1.29 is 19.7 Å². The van der Waals surface area contributed by atoms with Crippen molar-refractivity contribution >= 4 is 22.6 Å². The Balaban J connectivity index is 1.60. The van der Waals surface area contributed by atoms with Crippen molar-refractivity contribution in [1.29, 1.82) is 0 Å². The molecular formula is C13H19N3O4S. The molecule has 1 saturated carbocycles. The molecule has 3 rings (SSSR count). The summed E-state index contributed by atoms with van der Waals surface area (Å²) in [6.45, 7) is 1.49. The smallest absolute Gasteiger partial charge is 0.306 e. The molecule has 0 bridgehead atoms. The van der Waals surface area contributed by atoms with Gasteiger partial charge in [-0.1, -0.05) is 0 Å². The van der Waals surface area contributed by atoms with E-state index in [1.165, 1.54) is 11.5 Å². The van der Waals surface area contributed by atoms with Gasteiger partial charge in [0.1, 0.15) is 5.82 Å². The van der Waals surface area contributed by atoms with Crippen molar-refractivity contribution in [3.63, 3.8) is 0 Å². The van der Waals surface area contributed by atoms with Gasteiger partial charge in [0.25, 0.3) is 0 Å². The fourth-order valence-electron chi connectivity index (χ4n) is 2.95. The summed E-state index contributed by atoms with van der Waals surface area (Å²) in [5, 5.41) is 22.7. The van der Waals surface area contributed by atoms with Gasteiger partial charge < -0.3 is 20.3 Å². The van der Waals surface area contributed by atoms with Gasteiger partial charge in [0.05, 0.1) is 18.1 Å². The molecule has 2 fully saturated rings. The fraction of sp³-hybridized carbons (Fsp3) is 0.769. The minimum atomic E-state index is -0.849. The lowest BCUT2D eigenvalue weighted by Crippen LogP contribution is -2.27. The Morgan fingerprint density at radius 2 is 2.10 bits per heavy atom. The monoisotopic (exact) mass is 313 g/mol. The summed E-state index contributed by atoms with van der Waals surface area (Å²) in [6.07, 6.45) is 1.93. The quantitative estimate of drug-likeness (QED) is 0.763. The number of rotatable bonds is 4. The predicted octanol–water partition coefficient (Wildman–Crippen LogP) is 1.07. The van der Waals surface area contributed by atoms with E-state index in [4.69, 9.17) is 9.84 Å². The number of aliphatic carboxylic acids is 1. The summed E-state index contributed by atoms with van der Waals surface area (Å²) < 4.78 is 9.70. The molecule has 0 amide bonds. The molecule has 1 aromatic heterocycles. The van der Waals surface area contributed by atoms with Crippen molar-refractivity contribution in [3.05, 3.63) is 5.82 Å². The normalized spacial score (nSPS) is 30.4. The van der Waals surface area contributed by atoms with Crippen molar-refractivity contribution in [2.24, 2.45) is 5.92 Å². The molecule has 21 heavy (non-hydrogen) atoms. The van der Waals surface area contributed by atoms with Crippen molar-refractivity contribution in [1.82, 2.24) is 9.36 Å². The van der Waals surface area contributed by atoms with E-state index in [9.17, 15) is 9.90 Å². The highest BCUT2D eigenvalue weighted by atomic mass is 32.1. The topological polar surface area (TPSA) is 105 Å². The molecule has 1 aliphatic carbocycles. The molecule has 3 atom stereocenters. The van der Waals surface area contributed by atoms with Crippen LogP contribution in [0.1, 0.15) is 37.4 Å². The number of aromatic nitrogens is 2. The average Bonchev–Trinajstić information content (AvgIpc) is 3.08. The highest BCUT2D eigenvalue weighted by molar-refractivity contribution is 7.09. The van der Waals surface area contributed by atoms with Crippen LogP contribution in [-0.2, 0) is 9.53 Å². The molecule has 0 spiro atoms. The SMILES string of the molecule is O=C(O)C1CC(O)C(Nc2nc(C3CCOCC3)ns2)C1. The van der Waals surface area contributed by atoms with E-state index in [0.717, 1.165) is 31.9 Å². The molecule has 3 N–H and O–H groups in total. The minimum absolute atomic E-state index is 0.262. The number of hydrogen-bond acceptors (Lipinski definition) is 7. The van der Waals surface area contributed by atoms with Crippen LogP contribution >= 0.6 is 11.5 Å². The van der Waals surface area contributed by atoms with Crippen molar-refractivity contribution in [2.75, 3.05) is 18.5 Å². The lowest BCUT2D eigenvalue weighted by atomic mass is 10.00. The number of hydrogen-bond donors (Lipinski definition) is 3. The van der Waals surface area contributed by atoms with E-state index >= 15 is 0 Å². The molecular weight excluding hydrogens is 294 g/mol. The average molecular weight is 313 g/mol. The number of nitrogens with one attached hydrogen (secondary N) is 1. The second-order valence-electron chi connectivity index (χ2n) is 5.67. The van der Waals surface area contributed by atoms with Gasteiger partial charge in [0.15, 0.2) is 0 Å². The molecule has 1 aliphatic heterocycles. The number of nitrogens with zero attached hydrogens (tertiary/aromatic N) is 2. The first-order chi connectivity index (χ1) is 10.1. The predicted molar refractivity (Wildman–Crippen MR) is 76.5 cm³/mol. The van der Waals surface area contributed by atoms with Gasteiger partial charge in [-0.2, -0.15) is 4.37 Å². The van der Waals surface area contributed by atoms with Crippen molar-refractivity contribution in [2.45, 2.75) is 43.7 Å². The second-order valence-corrected chi connectivity index (χ2v) is 6.42. The first-order valence-electron chi connectivity index (χ1n) is 7.22. The molecule has 1 saturated heterocycles. The maximum absolute atomic E-state index is 11.0. The van der Waals surface area contributed by atoms with Crippen molar-refractivity contribution in [3.8, 4) is 0 Å². The van der Waals surface area contributed by atoms with Crippen LogP contribution in [-0.4, -0.2) is 50.9 Å². The Kier molecular flexibility index (Phi) is 4.37. The maximum Gasteiger partial charge on any atom is 0.306 e. The van der Waals surface area contributed by atoms with E-state index in [1.807, 2.05) is 0 Å². The number of carboxylic acid groups (broad SMARTS) is 1. The lowest BCUT2D eigenvalue weighted by molar-refractivity contribution is -0.141. The fourth-order valence-corrected chi connectivity index (χ4v) is 3.65. The third kappa shape index (κ3) is 3.33. The first kappa shape index (κ1) is 14.7. The molecule has 2 aliphatic rings. The van der Waals surface area contributed by atoms with Crippen LogP contribution in [0.15, 0.2) is 0 Å². The molecule has 8 heteroatoms. The molecule has 3 unspecified atom stereocenters. The summed E-state index contributed by atoms with van der Waals surface area (Å²) in [7, 11) is 0. The second kappa shape index (κ2) is 6.25. The summed E-state index contributed by atoms with van der Waals surface area (Å²) in [5.41, 5.74) is 0. The van der Waals surface area contributed by atoms with Crippen LogP contribution in [0, 0.1) is 5.92 Å². The van der Waals surface area contributed by atoms with E-state index in [2.05, 4.69) is 14.7 Å². The Hall–Kier alpha value is -1.25. The molecule has 7 nitrogen and oxygen atoms in total. The molecule has 2 heterocycles. The maximum atomic E-state index is 11.0. The number of carbonyl (C=O) groups is 1. The summed E-state index contributed by atoms with van der Waals surface area (Å²) in [5.74, 6) is -0.169. The zero-order valence-electron chi connectivity index (χ0n) is 11.6. The number of carboxylic acids is 1. The van der Waals surface area contributed by atoms with Gasteiger partial charge >= 0.3 is 5.97 Å². The third-order valence-electron chi connectivity index (χ3n) is 4.22. The van der Waals surface area contributed by atoms with Crippen LogP contribution in [0.5, 0.6) is 0 Å². The zero-order chi connectivity index (χ0) is 14.8. The lowest BCUT2D eigenvalue weighted by Gasteiger charge is -2.19. The highest BCUT2D eigenvalue weighted by Crippen LogP contribution is 2.31. The van der Waals surface area contributed by atoms with Gasteiger partial charge in [-0.15, -0.1) is 0 Å². The van der Waals surface area contributed by atoms with Crippen LogP contribution in [0.25, 0.3) is 0 Å². The van der Waals surface area contributed by atoms with Gasteiger partial charge in [-0.3, -0.25) is 4.79 Å². The van der Waals surface area contributed by atoms with E-state index < -0.39 is 18.0 Å². The molecule has 116 valence electrons. The van der Waals surface area contributed by atoms with Crippen LogP contribution in [0.3, 0.4) is 0 Å². The number of aliphatic hydroxyl groups is 1. The zero-order valence-corrected chi connectivity index (χ0v) is 12.4. The van der Waals surface area contributed by atoms with Gasteiger partial charge in [-0.25, -0.2) is 4.98 Å². The molecule has 1 aromatic rings. The number of aliphatic hydroxyl groups excluding tert-OH is 1. The molecule has 0 aromatic carbocycles. The first-order valence-corrected chi connectivity index (χ1v) is 7.99. The van der Waals surface area contributed by atoms with E-state index in [-0.39, 0.29) is 6.04 Å². The summed E-state index contributed by atoms with van der Waals surface area (Å²) >= 11 is 1.27. The standard InChI is InChI=1S/C13H19N3O4S/c17-10-6-8(12(18)19)5-9(10)14-13-15-11(16-21-13)7-1-3-20-4-2-7/h7-10,17H,1-6H2,(H,18,19)(H,14,15,16). The minimum Gasteiger partial charge on any atom is -0.481 e. The van der Waals surface area contributed by atoms with Crippen LogP contribution < -0.4 is 5.32 Å². The van der Waals surface area contributed by atoms with Gasteiger partial charge in [0, 0.05) is 30.7 Å². The Morgan fingerprint density at radius 1 is 1.33 bits per heavy atom. The highest BCUT2D eigenvalue weighted by Gasteiger charge is 2.37. The number of anilines is 1. The molecule has 0 radical (unpaired) electrons. The number of ether oxygens (including phenoxy) is 1. The Bertz CT molecular complexity index is 503. The van der Waals surface area contributed by atoms with Gasteiger partial charge in [0.2, 0.25) is 5.13 Å². The van der Waals surface area contributed by atoms with Gasteiger partial charge in [-0.05, 0) is 25.7 Å². The largest absolute Gasteiger partial charge is 0.481 e. The third-order valence-corrected chi connectivity index (χ3v) is 4.88. The summed E-state index contributed by atoms with van der Waals surface area (Å²) in [4.78, 5) is 15.5. The Labute approximate surface area is 126 Å². The van der Waals surface area contributed by atoms with E-state index in [1.54, 1.807) is 0 Å². The van der Waals surface area contributed by atoms with Crippen LogP contribution in [0.2, 0.25) is 0 Å². The van der Waals surface area contributed by atoms with Crippen LogP contribution in [0.4, 0.5) is 5.13 Å². The van der Waals surface area contributed by atoms with E-state index in [0.29, 0.717) is 23.9 Å². The summed E-state index contributed by atoms with van der Waals surface area (Å²) in [6, 6.07) is -0.262.